The molecule has 0 radical (unpaired) electrons. The van der Waals surface area contributed by atoms with Gasteiger partial charge < -0.3 is 10.1 Å². The van der Waals surface area contributed by atoms with Crippen LogP contribution in [0.4, 0.5) is 0 Å². The summed E-state index contributed by atoms with van der Waals surface area (Å²) in [7, 11) is -0.833. The number of nitrogens with zero attached hydrogens (tertiary/aromatic N) is 1. The molecule has 0 amide bonds. The van der Waals surface area contributed by atoms with Crippen LogP contribution >= 0.6 is 0 Å². The fraction of sp³-hybridized carbons (Fsp3) is 0.900. The highest BCUT2D eigenvalue weighted by molar-refractivity contribution is 7.89. The first-order chi connectivity index (χ1) is 7.95. The Labute approximate surface area is 102 Å². The molecule has 17 heavy (non-hydrogen) atoms. The van der Waals surface area contributed by atoms with Crippen molar-refractivity contribution in [2.45, 2.75) is 12.8 Å². The van der Waals surface area contributed by atoms with Crippen LogP contribution in [0.2, 0.25) is 0 Å². The standard InChI is InChI=1S/C10H20N2O4S/c1-12(7-9-3-5-11-6-4-9)17(14,15)8-10(13)16-2/h9,11H,3-8H2,1-2H3. The molecule has 7 heteroatoms. The van der Waals surface area contributed by atoms with Gasteiger partial charge in [0.2, 0.25) is 10.0 Å². The third-order valence-electron chi connectivity index (χ3n) is 2.98. The van der Waals surface area contributed by atoms with Crippen LogP contribution in [0.25, 0.3) is 0 Å². The Morgan fingerprint density at radius 2 is 2.00 bits per heavy atom. The first-order valence-electron chi connectivity index (χ1n) is 5.67. The smallest absolute Gasteiger partial charge is 0.322 e. The van der Waals surface area contributed by atoms with E-state index < -0.39 is 21.7 Å². The molecule has 1 saturated heterocycles. The Morgan fingerprint density at radius 3 is 2.53 bits per heavy atom. The van der Waals surface area contributed by atoms with Crippen LogP contribution in [0.5, 0.6) is 0 Å². The summed E-state index contributed by atoms with van der Waals surface area (Å²) in [6.45, 7) is 2.33. The molecule has 1 aliphatic rings. The molecule has 0 aromatic rings. The summed E-state index contributed by atoms with van der Waals surface area (Å²) in [4.78, 5) is 11.0. The zero-order valence-electron chi connectivity index (χ0n) is 10.3. The van der Waals surface area contributed by atoms with Crippen molar-refractivity contribution in [2.75, 3.05) is 39.5 Å². The van der Waals surface area contributed by atoms with Crippen molar-refractivity contribution in [3.05, 3.63) is 0 Å². The minimum absolute atomic E-state index is 0.369. The second-order valence-corrected chi connectivity index (χ2v) is 6.38. The maximum Gasteiger partial charge on any atom is 0.322 e. The van der Waals surface area contributed by atoms with Crippen molar-refractivity contribution in [3.8, 4) is 0 Å². The van der Waals surface area contributed by atoms with Crippen LogP contribution in [0.15, 0.2) is 0 Å². The molecular weight excluding hydrogens is 244 g/mol. The summed E-state index contributed by atoms with van der Waals surface area (Å²) in [5, 5.41) is 3.23. The highest BCUT2D eigenvalue weighted by Crippen LogP contribution is 2.14. The van der Waals surface area contributed by atoms with E-state index in [4.69, 9.17) is 0 Å². The highest BCUT2D eigenvalue weighted by atomic mass is 32.2. The van der Waals surface area contributed by atoms with Gasteiger partial charge in [-0.2, -0.15) is 0 Å². The first kappa shape index (κ1) is 14.4. The molecule has 1 N–H and O–H groups in total. The van der Waals surface area contributed by atoms with Crippen LogP contribution in [0.1, 0.15) is 12.8 Å². The first-order valence-corrected chi connectivity index (χ1v) is 7.28. The van der Waals surface area contributed by atoms with Crippen molar-refractivity contribution in [1.82, 2.24) is 9.62 Å². The van der Waals surface area contributed by atoms with Crippen LogP contribution < -0.4 is 5.32 Å². The second kappa shape index (κ2) is 6.32. The molecule has 0 bridgehead atoms. The molecule has 0 atom stereocenters. The second-order valence-electron chi connectivity index (χ2n) is 4.31. The van der Waals surface area contributed by atoms with Gasteiger partial charge in [0.05, 0.1) is 7.11 Å². The van der Waals surface area contributed by atoms with Crippen LogP contribution in [-0.2, 0) is 19.6 Å². The Hall–Kier alpha value is -0.660. The summed E-state index contributed by atoms with van der Waals surface area (Å²) in [6, 6.07) is 0. The lowest BCUT2D eigenvalue weighted by Gasteiger charge is -2.26. The van der Waals surface area contributed by atoms with Crippen molar-refractivity contribution >= 4 is 16.0 Å². The minimum atomic E-state index is -3.53. The molecule has 6 nitrogen and oxygen atoms in total. The number of hydrogen-bond donors (Lipinski definition) is 1. The Kier molecular flexibility index (Phi) is 5.35. The van der Waals surface area contributed by atoms with E-state index in [9.17, 15) is 13.2 Å². The Balaban J connectivity index is 2.49. The van der Waals surface area contributed by atoms with Crippen molar-refractivity contribution < 1.29 is 17.9 Å². The lowest BCUT2D eigenvalue weighted by atomic mass is 9.98. The Morgan fingerprint density at radius 1 is 1.41 bits per heavy atom. The van der Waals surface area contributed by atoms with Crippen molar-refractivity contribution in [3.63, 3.8) is 0 Å². The van der Waals surface area contributed by atoms with Crippen LogP contribution in [-0.4, -0.2) is 58.2 Å². The number of carbonyl (C=O) groups is 1. The zero-order valence-corrected chi connectivity index (χ0v) is 11.1. The monoisotopic (exact) mass is 264 g/mol. The van der Waals surface area contributed by atoms with E-state index in [0.717, 1.165) is 25.9 Å². The third-order valence-corrected chi connectivity index (χ3v) is 4.68. The van der Waals surface area contributed by atoms with Gasteiger partial charge in [-0.3, -0.25) is 4.79 Å². The summed E-state index contributed by atoms with van der Waals surface area (Å²) < 4.78 is 29.2. The number of carbonyl (C=O) groups excluding carboxylic acids is 1. The average Bonchev–Trinajstić information content (AvgIpc) is 2.29. The molecule has 0 aromatic heterocycles. The zero-order chi connectivity index (χ0) is 12.9. The van der Waals surface area contributed by atoms with Crippen molar-refractivity contribution in [1.29, 1.82) is 0 Å². The normalized spacial score (nSPS) is 18.3. The predicted molar refractivity (Wildman–Crippen MR) is 64.0 cm³/mol. The van der Waals surface area contributed by atoms with Gasteiger partial charge in [-0.25, -0.2) is 12.7 Å². The molecular formula is C10H20N2O4S. The number of rotatable bonds is 5. The number of nitrogens with one attached hydrogen (secondary N) is 1. The number of sulfonamides is 1. The van der Waals surface area contributed by atoms with Crippen molar-refractivity contribution in [2.24, 2.45) is 5.92 Å². The largest absolute Gasteiger partial charge is 0.468 e. The van der Waals surface area contributed by atoms with Gasteiger partial charge in [0, 0.05) is 13.6 Å². The van der Waals surface area contributed by atoms with Gasteiger partial charge in [0.15, 0.2) is 5.75 Å². The molecule has 0 aliphatic carbocycles. The number of methoxy groups -OCH3 is 1. The predicted octanol–water partition coefficient (Wildman–Crippen LogP) is -0.579. The van der Waals surface area contributed by atoms with E-state index in [0.29, 0.717) is 12.5 Å². The molecule has 1 fully saturated rings. The number of ether oxygens (including phenoxy) is 1. The topological polar surface area (TPSA) is 75.7 Å². The van der Waals surface area contributed by atoms with Gasteiger partial charge in [-0.05, 0) is 31.8 Å². The fourth-order valence-corrected chi connectivity index (χ4v) is 2.93. The van der Waals surface area contributed by atoms with Gasteiger partial charge in [0.25, 0.3) is 0 Å². The lowest BCUT2D eigenvalue weighted by molar-refractivity contribution is -0.137. The summed E-state index contributed by atoms with van der Waals surface area (Å²) >= 11 is 0. The maximum absolute atomic E-state index is 11.8. The molecule has 100 valence electrons. The van der Waals surface area contributed by atoms with Gasteiger partial charge in [-0.15, -0.1) is 0 Å². The number of piperidine rings is 1. The van der Waals surface area contributed by atoms with Gasteiger partial charge in [0.1, 0.15) is 0 Å². The SMILES string of the molecule is COC(=O)CS(=O)(=O)N(C)CC1CCNCC1. The molecule has 0 unspecified atom stereocenters. The number of esters is 1. The molecule has 1 rings (SSSR count). The molecule has 1 heterocycles. The van der Waals surface area contributed by atoms with E-state index >= 15 is 0 Å². The fourth-order valence-electron chi connectivity index (χ4n) is 1.86. The average molecular weight is 264 g/mol. The third kappa shape index (κ3) is 4.61. The van der Waals surface area contributed by atoms with Crippen LogP contribution in [0, 0.1) is 5.92 Å². The van der Waals surface area contributed by atoms with E-state index in [1.807, 2.05) is 0 Å². The van der Waals surface area contributed by atoms with Gasteiger partial charge in [-0.1, -0.05) is 0 Å². The molecule has 0 aromatic carbocycles. The van der Waals surface area contributed by atoms with Crippen LogP contribution in [0.3, 0.4) is 0 Å². The minimum Gasteiger partial charge on any atom is -0.468 e. The highest BCUT2D eigenvalue weighted by Gasteiger charge is 2.25. The van der Waals surface area contributed by atoms with E-state index in [1.54, 1.807) is 0 Å². The summed E-state index contributed by atoms with van der Waals surface area (Å²) in [5.74, 6) is -0.929. The quantitative estimate of drug-likeness (QED) is 0.672. The molecule has 0 saturated carbocycles. The van der Waals surface area contributed by atoms with E-state index in [2.05, 4.69) is 10.1 Å². The number of hydrogen-bond acceptors (Lipinski definition) is 5. The molecule has 1 aliphatic heterocycles. The van der Waals surface area contributed by atoms with Gasteiger partial charge >= 0.3 is 5.97 Å². The molecule has 0 spiro atoms. The van der Waals surface area contributed by atoms with E-state index in [1.165, 1.54) is 18.5 Å². The summed E-state index contributed by atoms with van der Waals surface area (Å²) in [5.41, 5.74) is 0. The van der Waals surface area contributed by atoms with E-state index in [-0.39, 0.29) is 0 Å². The maximum atomic E-state index is 11.8. The Bertz CT molecular complexity index is 349. The lowest BCUT2D eigenvalue weighted by Crippen LogP contribution is -2.39. The summed E-state index contributed by atoms with van der Waals surface area (Å²) in [6.07, 6.45) is 1.94.